The van der Waals surface area contributed by atoms with Gasteiger partial charge in [-0.2, -0.15) is 13.2 Å². The summed E-state index contributed by atoms with van der Waals surface area (Å²) in [5.41, 5.74) is -0.743. The molecule has 0 heterocycles. The number of esters is 1. The van der Waals surface area contributed by atoms with Crippen molar-refractivity contribution >= 4 is 17.8 Å². The second-order valence-corrected chi connectivity index (χ2v) is 5.16. The Morgan fingerprint density at radius 1 is 1.12 bits per heavy atom. The second kappa shape index (κ2) is 9.65. The highest BCUT2D eigenvalue weighted by atomic mass is 19.4. The van der Waals surface area contributed by atoms with Gasteiger partial charge in [0.25, 0.3) is 5.91 Å². The van der Waals surface area contributed by atoms with Crippen LogP contribution in [0.1, 0.15) is 24.5 Å². The summed E-state index contributed by atoms with van der Waals surface area (Å²) in [6.07, 6.45) is -4.14. The molecule has 0 atom stereocenters. The third kappa shape index (κ3) is 8.18. The molecule has 138 valence electrons. The molecule has 0 aliphatic carbocycles. The molecule has 6 nitrogen and oxygen atoms in total. The van der Waals surface area contributed by atoms with Gasteiger partial charge in [-0.15, -0.1) is 0 Å². The van der Waals surface area contributed by atoms with Gasteiger partial charge in [0.05, 0.1) is 18.5 Å². The lowest BCUT2D eigenvalue weighted by atomic mass is 10.1. The lowest BCUT2D eigenvalue weighted by molar-refractivity contribution is -0.148. The molecule has 9 heteroatoms. The zero-order valence-electron chi connectivity index (χ0n) is 13.6. The molecule has 1 aromatic carbocycles. The van der Waals surface area contributed by atoms with Crippen molar-refractivity contribution in [2.75, 3.05) is 19.7 Å². The average molecular weight is 360 g/mol. The van der Waals surface area contributed by atoms with E-state index in [1.807, 2.05) is 6.92 Å². The zero-order valence-corrected chi connectivity index (χ0v) is 13.6. The van der Waals surface area contributed by atoms with Crippen LogP contribution in [0.2, 0.25) is 0 Å². The summed E-state index contributed by atoms with van der Waals surface area (Å²) >= 11 is 0. The standard InChI is InChI=1S/C16H19F3N2O4/c1-2-6-20-13(22)9-21-14(23)10-25-15(24)8-11-4-3-5-12(7-11)16(17,18)19/h3-5,7H,2,6,8-10H2,1H3,(H,20,22)(H,21,23). The van der Waals surface area contributed by atoms with Gasteiger partial charge in [0.15, 0.2) is 6.61 Å². The maximum Gasteiger partial charge on any atom is 0.416 e. The van der Waals surface area contributed by atoms with Gasteiger partial charge in [0.1, 0.15) is 0 Å². The Bertz CT molecular complexity index is 618. The Labute approximate surface area is 142 Å². The van der Waals surface area contributed by atoms with Crippen LogP contribution in [0, 0.1) is 0 Å². The van der Waals surface area contributed by atoms with Gasteiger partial charge < -0.3 is 15.4 Å². The third-order valence-electron chi connectivity index (χ3n) is 2.99. The van der Waals surface area contributed by atoms with Crippen LogP contribution in [-0.2, 0) is 31.7 Å². The van der Waals surface area contributed by atoms with Crippen molar-refractivity contribution in [1.29, 1.82) is 0 Å². The van der Waals surface area contributed by atoms with Crippen molar-refractivity contribution in [2.45, 2.75) is 25.9 Å². The number of carbonyl (C=O) groups is 3. The molecule has 0 spiro atoms. The molecule has 0 saturated heterocycles. The highest BCUT2D eigenvalue weighted by Gasteiger charge is 2.30. The molecule has 25 heavy (non-hydrogen) atoms. The van der Waals surface area contributed by atoms with Gasteiger partial charge >= 0.3 is 12.1 Å². The highest BCUT2D eigenvalue weighted by Crippen LogP contribution is 2.29. The molecule has 2 amide bonds. The summed E-state index contributed by atoms with van der Waals surface area (Å²) in [6, 6.07) is 4.28. The maximum absolute atomic E-state index is 12.6. The molecule has 0 bridgehead atoms. The molecule has 1 aromatic rings. The molecule has 0 saturated carbocycles. The number of carbonyl (C=O) groups excluding carboxylic acids is 3. The van der Waals surface area contributed by atoms with E-state index in [1.165, 1.54) is 12.1 Å². The minimum absolute atomic E-state index is 0.124. The smallest absolute Gasteiger partial charge is 0.416 e. The predicted molar refractivity (Wildman–Crippen MR) is 82.4 cm³/mol. The summed E-state index contributed by atoms with van der Waals surface area (Å²) in [5, 5.41) is 4.81. The Morgan fingerprint density at radius 3 is 2.48 bits per heavy atom. The number of ether oxygens (including phenoxy) is 1. The van der Waals surface area contributed by atoms with Crippen molar-refractivity contribution in [3.05, 3.63) is 35.4 Å². The van der Waals surface area contributed by atoms with Crippen molar-refractivity contribution in [3.8, 4) is 0 Å². The largest absolute Gasteiger partial charge is 0.455 e. The first-order valence-electron chi connectivity index (χ1n) is 7.57. The van der Waals surface area contributed by atoms with Crippen LogP contribution in [0.4, 0.5) is 13.2 Å². The van der Waals surface area contributed by atoms with E-state index in [9.17, 15) is 27.6 Å². The summed E-state index contributed by atoms with van der Waals surface area (Å²) in [4.78, 5) is 34.3. The highest BCUT2D eigenvalue weighted by molar-refractivity contribution is 5.86. The molecule has 0 aliphatic rings. The van der Waals surface area contributed by atoms with Gasteiger partial charge in [0, 0.05) is 6.54 Å². The van der Waals surface area contributed by atoms with E-state index in [2.05, 4.69) is 15.4 Å². The normalized spacial score (nSPS) is 10.9. The molecule has 0 aliphatic heterocycles. The van der Waals surface area contributed by atoms with Crippen molar-refractivity contribution in [3.63, 3.8) is 0 Å². The SMILES string of the molecule is CCCNC(=O)CNC(=O)COC(=O)Cc1cccc(C(F)(F)F)c1. The van der Waals surface area contributed by atoms with E-state index < -0.39 is 36.6 Å². The van der Waals surface area contributed by atoms with E-state index in [0.29, 0.717) is 6.54 Å². The number of rotatable bonds is 8. The van der Waals surface area contributed by atoms with Gasteiger partial charge in [-0.25, -0.2) is 0 Å². The van der Waals surface area contributed by atoms with Crippen LogP contribution < -0.4 is 10.6 Å². The molecular weight excluding hydrogens is 341 g/mol. The quantitative estimate of drug-likeness (QED) is 0.687. The van der Waals surface area contributed by atoms with Crippen molar-refractivity contribution in [1.82, 2.24) is 10.6 Å². The Morgan fingerprint density at radius 2 is 1.84 bits per heavy atom. The number of benzene rings is 1. The minimum Gasteiger partial charge on any atom is -0.455 e. The lowest BCUT2D eigenvalue weighted by Crippen LogP contribution is -2.39. The third-order valence-corrected chi connectivity index (χ3v) is 2.99. The number of halogens is 3. The van der Waals surface area contributed by atoms with E-state index in [1.54, 1.807) is 0 Å². The van der Waals surface area contributed by atoms with Gasteiger partial charge in [-0.3, -0.25) is 14.4 Å². The first-order chi connectivity index (χ1) is 11.7. The summed E-state index contributed by atoms with van der Waals surface area (Å²) < 4.78 is 42.4. The van der Waals surface area contributed by atoms with E-state index in [4.69, 9.17) is 0 Å². The van der Waals surface area contributed by atoms with Gasteiger partial charge in [0.2, 0.25) is 5.91 Å². The monoisotopic (exact) mass is 360 g/mol. The maximum atomic E-state index is 12.6. The molecule has 0 fully saturated rings. The Kier molecular flexibility index (Phi) is 7.90. The molecule has 1 rings (SSSR count). The second-order valence-electron chi connectivity index (χ2n) is 5.16. The molecule has 0 radical (unpaired) electrons. The van der Waals surface area contributed by atoms with Crippen LogP contribution in [0.3, 0.4) is 0 Å². The number of alkyl halides is 3. The Balaban J connectivity index is 2.37. The topological polar surface area (TPSA) is 84.5 Å². The molecule has 0 unspecified atom stereocenters. The fraction of sp³-hybridized carbons (Fsp3) is 0.438. The van der Waals surface area contributed by atoms with Crippen molar-refractivity contribution in [2.24, 2.45) is 0 Å². The number of amides is 2. The van der Waals surface area contributed by atoms with Crippen LogP contribution in [0.15, 0.2) is 24.3 Å². The summed E-state index contributed by atoms with van der Waals surface area (Å²) in [6.45, 7) is 1.51. The first kappa shape index (κ1) is 20.5. The van der Waals surface area contributed by atoms with Crippen LogP contribution in [0.25, 0.3) is 0 Å². The number of hydrogen-bond acceptors (Lipinski definition) is 4. The molecule has 2 N–H and O–H groups in total. The lowest BCUT2D eigenvalue weighted by Gasteiger charge is -2.09. The zero-order chi connectivity index (χ0) is 18.9. The Hall–Kier alpha value is -2.58. The summed E-state index contributed by atoms with van der Waals surface area (Å²) in [7, 11) is 0. The van der Waals surface area contributed by atoms with E-state index in [-0.39, 0.29) is 18.0 Å². The van der Waals surface area contributed by atoms with E-state index >= 15 is 0 Å². The van der Waals surface area contributed by atoms with Crippen LogP contribution in [-0.4, -0.2) is 37.5 Å². The summed E-state index contributed by atoms with van der Waals surface area (Å²) in [5.74, 6) is -1.89. The van der Waals surface area contributed by atoms with Crippen LogP contribution >= 0.6 is 0 Å². The van der Waals surface area contributed by atoms with Crippen molar-refractivity contribution < 1.29 is 32.3 Å². The predicted octanol–water partition coefficient (Wildman–Crippen LogP) is 1.43. The number of nitrogens with one attached hydrogen (secondary N) is 2. The first-order valence-corrected chi connectivity index (χ1v) is 7.57. The minimum atomic E-state index is -4.50. The van der Waals surface area contributed by atoms with Crippen LogP contribution in [0.5, 0.6) is 0 Å². The van der Waals surface area contributed by atoms with E-state index in [0.717, 1.165) is 18.6 Å². The fourth-order valence-corrected chi connectivity index (χ4v) is 1.78. The van der Waals surface area contributed by atoms with Gasteiger partial charge in [-0.1, -0.05) is 25.1 Å². The van der Waals surface area contributed by atoms with Gasteiger partial charge in [-0.05, 0) is 18.1 Å². The molecular formula is C16H19F3N2O4. The average Bonchev–Trinajstić information content (AvgIpc) is 2.55. The molecule has 0 aromatic heterocycles. The fourth-order valence-electron chi connectivity index (χ4n) is 1.78. The number of hydrogen-bond donors (Lipinski definition) is 2.